The first kappa shape index (κ1) is 30.5. The third kappa shape index (κ3) is 6.67. The molecule has 0 unspecified atom stereocenters. The number of sulfonamides is 1. The van der Waals surface area contributed by atoms with Crippen LogP contribution >= 0.6 is 0 Å². The number of amides is 1. The van der Waals surface area contributed by atoms with Crippen molar-refractivity contribution in [3.63, 3.8) is 0 Å². The smallest absolute Gasteiger partial charge is 0.243 e. The Kier molecular flexibility index (Phi) is 9.03. The minimum absolute atomic E-state index is 0.197. The van der Waals surface area contributed by atoms with E-state index in [1.807, 2.05) is 86.5 Å². The van der Waals surface area contributed by atoms with Crippen molar-refractivity contribution in [3.05, 3.63) is 60.7 Å². The van der Waals surface area contributed by atoms with Crippen LogP contribution < -0.4 is 20.4 Å². The van der Waals surface area contributed by atoms with Crippen molar-refractivity contribution < 1.29 is 13.2 Å². The molecule has 1 saturated carbocycles. The van der Waals surface area contributed by atoms with Crippen molar-refractivity contribution in [1.82, 2.24) is 19.6 Å². The Bertz CT molecular complexity index is 1720. The molecule has 4 aromatic rings. The highest BCUT2D eigenvalue weighted by molar-refractivity contribution is 7.89. The number of nitrogens with zero attached hydrogens (tertiary/aromatic N) is 5. The molecule has 1 amide bonds. The lowest BCUT2D eigenvalue weighted by Crippen LogP contribution is -2.41. The lowest BCUT2D eigenvalue weighted by molar-refractivity contribution is -0.121. The highest BCUT2D eigenvalue weighted by Gasteiger charge is 2.27. The van der Waals surface area contributed by atoms with Crippen LogP contribution in [0.25, 0.3) is 21.7 Å². The molecular formula is C32H41N7O3S. The predicted molar refractivity (Wildman–Crippen MR) is 174 cm³/mol. The van der Waals surface area contributed by atoms with E-state index in [1.165, 1.54) is 7.05 Å². The van der Waals surface area contributed by atoms with Crippen LogP contribution in [-0.4, -0.2) is 83.0 Å². The zero-order valence-electron chi connectivity index (χ0n) is 25.5. The van der Waals surface area contributed by atoms with Gasteiger partial charge in [-0.15, -0.1) is 0 Å². The van der Waals surface area contributed by atoms with Crippen molar-refractivity contribution in [2.75, 3.05) is 63.4 Å². The van der Waals surface area contributed by atoms with Gasteiger partial charge < -0.3 is 20.4 Å². The summed E-state index contributed by atoms with van der Waals surface area (Å²) in [5, 5.41) is 9.00. The van der Waals surface area contributed by atoms with E-state index in [-0.39, 0.29) is 23.4 Å². The molecule has 1 fully saturated rings. The molecule has 1 aliphatic rings. The molecule has 43 heavy (non-hydrogen) atoms. The molecule has 2 N–H and O–H groups in total. The molecule has 0 spiro atoms. The van der Waals surface area contributed by atoms with Gasteiger partial charge in [0.05, 0.1) is 17.0 Å². The summed E-state index contributed by atoms with van der Waals surface area (Å²) in [4.78, 5) is 26.5. The number of fused-ring (bicyclic) bond motifs is 2. The summed E-state index contributed by atoms with van der Waals surface area (Å²) in [6, 6.07) is 19.1. The first-order valence-corrected chi connectivity index (χ1v) is 16.1. The maximum absolute atomic E-state index is 13.5. The average molecular weight is 604 g/mol. The Morgan fingerprint density at radius 1 is 0.814 bits per heavy atom. The molecule has 0 atom stereocenters. The second-order valence-electron chi connectivity index (χ2n) is 11.7. The summed E-state index contributed by atoms with van der Waals surface area (Å²) < 4.78 is 28.1. The summed E-state index contributed by atoms with van der Waals surface area (Å²) >= 11 is 0. The third-order valence-corrected chi connectivity index (χ3v) is 10.0. The van der Waals surface area contributed by atoms with Gasteiger partial charge in [0.2, 0.25) is 21.9 Å². The summed E-state index contributed by atoms with van der Waals surface area (Å²) in [7, 11) is 5.40. The molecule has 0 saturated heterocycles. The number of nitrogens with one attached hydrogen (secondary N) is 2. The SMILES string of the molecule is CN(C)c1nc(N[C@H]2CC[C@@H](CNC(=O)CN(C)S(=O)(=O)c3cccc4c(N(C)C)cccc34)CC2)nc2ccccc12. The van der Waals surface area contributed by atoms with Crippen molar-refractivity contribution in [2.24, 2.45) is 5.92 Å². The Labute approximate surface area is 254 Å². The molecular weight excluding hydrogens is 562 g/mol. The van der Waals surface area contributed by atoms with Crippen LogP contribution in [0, 0.1) is 5.92 Å². The second-order valence-corrected chi connectivity index (χ2v) is 13.7. The molecule has 0 aliphatic heterocycles. The van der Waals surface area contributed by atoms with Gasteiger partial charge in [0.15, 0.2) is 0 Å². The van der Waals surface area contributed by atoms with Gasteiger partial charge in [-0.05, 0) is 55.9 Å². The highest BCUT2D eigenvalue weighted by atomic mass is 32.2. The number of hydrogen-bond donors (Lipinski definition) is 2. The maximum atomic E-state index is 13.5. The number of anilines is 3. The number of aromatic nitrogens is 2. The van der Waals surface area contributed by atoms with E-state index in [4.69, 9.17) is 9.97 Å². The van der Waals surface area contributed by atoms with Gasteiger partial charge in [-0.3, -0.25) is 4.79 Å². The molecule has 0 radical (unpaired) electrons. The quantitative estimate of drug-likeness (QED) is 0.276. The Morgan fingerprint density at radius 3 is 2.21 bits per heavy atom. The van der Waals surface area contributed by atoms with E-state index in [2.05, 4.69) is 10.6 Å². The molecule has 0 bridgehead atoms. The van der Waals surface area contributed by atoms with Crippen molar-refractivity contribution in [1.29, 1.82) is 0 Å². The van der Waals surface area contributed by atoms with Crippen molar-refractivity contribution in [2.45, 2.75) is 36.6 Å². The maximum Gasteiger partial charge on any atom is 0.243 e. The molecule has 5 rings (SSSR count). The lowest BCUT2D eigenvalue weighted by atomic mass is 9.86. The van der Waals surface area contributed by atoms with E-state index in [0.29, 0.717) is 23.8 Å². The van der Waals surface area contributed by atoms with E-state index in [1.54, 1.807) is 12.1 Å². The van der Waals surface area contributed by atoms with Crippen LogP contribution in [0.2, 0.25) is 0 Å². The average Bonchev–Trinajstić information content (AvgIpc) is 2.99. The fourth-order valence-electron chi connectivity index (χ4n) is 5.81. The van der Waals surface area contributed by atoms with Crippen molar-refractivity contribution in [3.8, 4) is 0 Å². The van der Waals surface area contributed by atoms with Crippen LogP contribution in [0.15, 0.2) is 65.6 Å². The molecule has 11 heteroatoms. The summed E-state index contributed by atoms with van der Waals surface area (Å²) in [6.45, 7) is 0.285. The molecule has 10 nitrogen and oxygen atoms in total. The molecule has 1 heterocycles. The van der Waals surface area contributed by atoms with Gasteiger partial charge >= 0.3 is 0 Å². The number of para-hydroxylation sites is 1. The Hall–Kier alpha value is -3.96. The van der Waals surface area contributed by atoms with Crippen LogP contribution in [-0.2, 0) is 14.8 Å². The van der Waals surface area contributed by atoms with Gasteiger partial charge in [-0.1, -0.05) is 36.4 Å². The number of carbonyl (C=O) groups excluding carboxylic acids is 1. The van der Waals surface area contributed by atoms with Gasteiger partial charge in [-0.25, -0.2) is 13.4 Å². The minimum atomic E-state index is -3.87. The van der Waals surface area contributed by atoms with Gasteiger partial charge in [0, 0.05) is 69.7 Å². The van der Waals surface area contributed by atoms with Crippen LogP contribution in [0.3, 0.4) is 0 Å². The normalized spacial score (nSPS) is 17.3. The second kappa shape index (κ2) is 12.7. The van der Waals surface area contributed by atoms with Crippen molar-refractivity contribution >= 4 is 55.1 Å². The minimum Gasteiger partial charge on any atom is -0.377 e. The molecule has 1 aliphatic carbocycles. The first-order valence-electron chi connectivity index (χ1n) is 14.7. The standard InChI is InChI=1S/C32H41N7O3S/c1-37(2)28-14-8-12-25-24(28)11-9-15-29(25)43(41,42)39(5)21-30(40)33-20-22-16-18-23(19-17-22)34-32-35-27-13-7-6-10-26(27)31(36-32)38(3)4/h6-15,22-23H,16-21H2,1-5H3,(H,33,40)(H,34,35,36)/t22-,23+. The largest absolute Gasteiger partial charge is 0.377 e. The summed E-state index contributed by atoms with van der Waals surface area (Å²) in [5.74, 6) is 1.55. The van der Waals surface area contributed by atoms with E-state index in [0.717, 1.165) is 57.8 Å². The zero-order valence-corrected chi connectivity index (χ0v) is 26.4. The number of rotatable bonds is 10. The van der Waals surface area contributed by atoms with Crippen LogP contribution in [0.4, 0.5) is 17.5 Å². The molecule has 3 aromatic carbocycles. The highest BCUT2D eigenvalue weighted by Crippen LogP contribution is 2.32. The third-order valence-electron chi connectivity index (χ3n) is 8.17. The zero-order chi connectivity index (χ0) is 30.7. The first-order chi connectivity index (χ1) is 20.5. The summed E-state index contributed by atoms with van der Waals surface area (Å²) in [5.41, 5.74) is 1.84. The van der Waals surface area contributed by atoms with Crippen LogP contribution in [0.1, 0.15) is 25.7 Å². The monoisotopic (exact) mass is 603 g/mol. The number of benzene rings is 3. The Morgan fingerprint density at radius 2 is 1.49 bits per heavy atom. The lowest BCUT2D eigenvalue weighted by Gasteiger charge is -2.29. The summed E-state index contributed by atoms with van der Waals surface area (Å²) in [6.07, 6.45) is 3.78. The topological polar surface area (TPSA) is 111 Å². The predicted octanol–water partition coefficient (Wildman–Crippen LogP) is 4.32. The van der Waals surface area contributed by atoms with Gasteiger partial charge in [0.25, 0.3) is 0 Å². The van der Waals surface area contributed by atoms with Gasteiger partial charge in [-0.2, -0.15) is 9.29 Å². The molecule has 1 aromatic heterocycles. The fraction of sp³-hybridized carbons (Fsp3) is 0.406. The van der Waals surface area contributed by atoms with Crippen LogP contribution in [0.5, 0.6) is 0 Å². The Balaban J connectivity index is 1.14. The number of likely N-dealkylation sites (N-methyl/N-ethyl adjacent to an activating group) is 1. The fourth-order valence-corrected chi connectivity index (χ4v) is 7.14. The van der Waals surface area contributed by atoms with E-state index >= 15 is 0 Å². The number of carbonyl (C=O) groups is 1. The number of hydrogen-bond acceptors (Lipinski definition) is 8. The molecule has 228 valence electrons. The van der Waals surface area contributed by atoms with E-state index in [9.17, 15) is 13.2 Å². The van der Waals surface area contributed by atoms with E-state index < -0.39 is 10.0 Å². The van der Waals surface area contributed by atoms with Gasteiger partial charge in [0.1, 0.15) is 5.82 Å².